The highest BCUT2D eigenvalue weighted by Crippen LogP contribution is 2.27. The summed E-state index contributed by atoms with van der Waals surface area (Å²) >= 11 is 0. The Morgan fingerprint density at radius 2 is 1.96 bits per heavy atom. The number of rotatable bonds is 6. The van der Waals surface area contributed by atoms with Crippen molar-refractivity contribution in [3.05, 3.63) is 30.0 Å². The van der Waals surface area contributed by atoms with E-state index in [0.29, 0.717) is 37.8 Å². The number of aromatic nitrogens is 1. The molecule has 0 bridgehead atoms. The summed E-state index contributed by atoms with van der Waals surface area (Å²) in [6, 6.07) is 8.47. The molecule has 0 amide bonds. The van der Waals surface area contributed by atoms with Crippen molar-refractivity contribution in [2.24, 2.45) is 0 Å². The third-order valence-electron chi connectivity index (χ3n) is 4.43. The van der Waals surface area contributed by atoms with Gasteiger partial charge in [0, 0.05) is 24.7 Å². The number of oxazole rings is 1. The number of nitriles is 1. The molecule has 1 aliphatic heterocycles. The van der Waals surface area contributed by atoms with E-state index in [1.807, 2.05) is 19.9 Å². The number of morpholine rings is 1. The van der Waals surface area contributed by atoms with Crippen molar-refractivity contribution in [1.82, 2.24) is 9.29 Å². The van der Waals surface area contributed by atoms with Gasteiger partial charge < -0.3 is 14.5 Å². The Morgan fingerprint density at radius 1 is 1.30 bits per heavy atom. The summed E-state index contributed by atoms with van der Waals surface area (Å²) in [4.78, 5) is 4.41. The predicted octanol–water partition coefficient (Wildman–Crippen LogP) is 2.44. The summed E-state index contributed by atoms with van der Waals surface area (Å²) in [6.45, 7) is 5.50. The van der Waals surface area contributed by atoms with Gasteiger partial charge in [0.15, 0.2) is 0 Å². The number of hydrogen-bond donors (Lipinski definition) is 1. The molecule has 1 saturated heterocycles. The largest absolute Gasteiger partial charge is 0.419 e. The summed E-state index contributed by atoms with van der Waals surface area (Å²) in [5.41, 5.74) is 0.778. The first kappa shape index (κ1) is 19.4. The molecule has 2 heterocycles. The van der Waals surface area contributed by atoms with Crippen LogP contribution in [-0.2, 0) is 14.8 Å². The molecule has 9 heteroatoms. The Bertz CT molecular complexity index is 925. The SMILES string of the molecule is CCC(C)Nc1oc(-c2ccc(S(=O)(=O)N3CCOCC3)cc2)nc1C#N. The molecule has 1 atom stereocenters. The van der Waals surface area contributed by atoms with Crippen LogP contribution in [0.1, 0.15) is 26.0 Å². The second kappa shape index (κ2) is 8.08. The molecular formula is C18H22N4O4S. The predicted molar refractivity (Wildman–Crippen MR) is 99.6 cm³/mol. The van der Waals surface area contributed by atoms with Gasteiger partial charge in [-0.2, -0.15) is 14.6 Å². The molecule has 144 valence electrons. The maximum Gasteiger partial charge on any atom is 0.243 e. The molecule has 27 heavy (non-hydrogen) atoms. The summed E-state index contributed by atoms with van der Waals surface area (Å²) in [7, 11) is -3.55. The number of nitrogens with one attached hydrogen (secondary N) is 1. The van der Waals surface area contributed by atoms with Crippen molar-refractivity contribution in [3.8, 4) is 17.5 Å². The number of sulfonamides is 1. The van der Waals surface area contributed by atoms with Crippen LogP contribution >= 0.6 is 0 Å². The smallest absolute Gasteiger partial charge is 0.243 e. The average molecular weight is 390 g/mol. The molecular weight excluding hydrogens is 368 g/mol. The lowest BCUT2D eigenvalue weighted by molar-refractivity contribution is 0.0730. The molecule has 0 spiro atoms. The van der Waals surface area contributed by atoms with Crippen molar-refractivity contribution in [3.63, 3.8) is 0 Å². The highest BCUT2D eigenvalue weighted by atomic mass is 32.2. The van der Waals surface area contributed by atoms with Crippen molar-refractivity contribution < 1.29 is 17.6 Å². The van der Waals surface area contributed by atoms with Gasteiger partial charge in [0.05, 0.1) is 18.1 Å². The Balaban J connectivity index is 1.84. The zero-order valence-corrected chi connectivity index (χ0v) is 16.1. The second-order valence-electron chi connectivity index (χ2n) is 6.30. The van der Waals surface area contributed by atoms with Gasteiger partial charge in [-0.3, -0.25) is 0 Å². The summed E-state index contributed by atoms with van der Waals surface area (Å²) in [6.07, 6.45) is 0.870. The average Bonchev–Trinajstić information content (AvgIpc) is 3.11. The van der Waals surface area contributed by atoms with Gasteiger partial charge in [-0.25, -0.2) is 8.42 Å². The third kappa shape index (κ3) is 4.13. The van der Waals surface area contributed by atoms with Crippen LogP contribution in [0.2, 0.25) is 0 Å². The van der Waals surface area contributed by atoms with Crippen LogP contribution in [0.5, 0.6) is 0 Å². The van der Waals surface area contributed by atoms with Crippen LogP contribution in [0.3, 0.4) is 0 Å². The fourth-order valence-corrected chi connectivity index (χ4v) is 4.06. The van der Waals surface area contributed by atoms with Crippen LogP contribution in [0.15, 0.2) is 33.6 Å². The highest BCUT2D eigenvalue weighted by Gasteiger charge is 2.26. The molecule has 8 nitrogen and oxygen atoms in total. The van der Waals surface area contributed by atoms with Crippen molar-refractivity contribution >= 4 is 15.9 Å². The monoisotopic (exact) mass is 390 g/mol. The number of benzene rings is 1. The van der Waals surface area contributed by atoms with Crippen LogP contribution < -0.4 is 5.32 Å². The molecule has 1 unspecified atom stereocenters. The van der Waals surface area contributed by atoms with E-state index in [9.17, 15) is 13.7 Å². The lowest BCUT2D eigenvalue weighted by atomic mass is 10.2. The minimum absolute atomic E-state index is 0.138. The second-order valence-corrected chi connectivity index (χ2v) is 8.24. The van der Waals surface area contributed by atoms with E-state index in [1.54, 1.807) is 12.1 Å². The van der Waals surface area contributed by atoms with Crippen molar-refractivity contribution in [1.29, 1.82) is 5.26 Å². The van der Waals surface area contributed by atoms with Gasteiger partial charge in [-0.05, 0) is 37.6 Å². The molecule has 1 aliphatic rings. The molecule has 3 rings (SSSR count). The van der Waals surface area contributed by atoms with E-state index in [4.69, 9.17) is 9.15 Å². The lowest BCUT2D eigenvalue weighted by Gasteiger charge is -2.26. The third-order valence-corrected chi connectivity index (χ3v) is 6.34. The number of ether oxygens (including phenoxy) is 1. The molecule has 1 aromatic carbocycles. The van der Waals surface area contributed by atoms with Crippen LogP contribution in [0.25, 0.3) is 11.5 Å². The van der Waals surface area contributed by atoms with Crippen LogP contribution in [-0.4, -0.2) is 50.1 Å². The number of hydrogen-bond acceptors (Lipinski definition) is 7. The van der Waals surface area contributed by atoms with Gasteiger partial charge in [0.2, 0.25) is 27.5 Å². The lowest BCUT2D eigenvalue weighted by Crippen LogP contribution is -2.40. The standard InChI is InChI=1S/C18H22N4O4S/c1-3-13(2)20-18-16(12-19)21-17(26-18)14-4-6-15(7-5-14)27(23,24)22-8-10-25-11-9-22/h4-7,13,20H,3,8-11H2,1-2H3. The molecule has 1 fully saturated rings. The molecule has 1 aromatic heterocycles. The zero-order valence-electron chi connectivity index (χ0n) is 15.3. The van der Waals surface area contributed by atoms with Gasteiger partial charge >= 0.3 is 0 Å². The summed E-state index contributed by atoms with van der Waals surface area (Å²) in [5, 5.41) is 12.4. The van der Waals surface area contributed by atoms with Crippen molar-refractivity contribution in [2.75, 3.05) is 31.6 Å². The number of nitrogens with zero attached hydrogens (tertiary/aromatic N) is 3. The van der Waals surface area contributed by atoms with Gasteiger partial charge in [-0.15, -0.1) is 0 Å². The fraction of sp³-hybridized carbons (Fsp3) is 0.444. The normalized spacial score (nSPS) is 16.6. The number of anilines is 1. The van der Waals surface area contributed by atoms with Gasteiger partial charge in [0.25, 0.3) is 0 Å². The van der Waals surface area contributed by atoms with E-state index in [2.05, 4.69) is 10.3 Å². The Kier molecular flexibility index (Phi) is 5.79. The molecule has 0 saturated carbocycles. The quantitative estimate of drug-likeness (QED) is 0.807. The van der Waals surface area contributed by atoms with E-state index >= 15 is 0 Å². The van der Waals surface area contributed by atoms with Crippen molar-refractivity contribution in [2.45, 2.75) is 31.2 Å². The van der Waals surface area contributed by atoms with Crippen LogP contribution in [0.4, 0.5) is 5.88 Å². The minimum atomic E-state index is -3.55. The van der Waals surface area contributed by atoms with E-state index in [0.717, 1.165) is 6.42 Å². The molecule has 0 radical (unpaired) electrons. The first-order valence-corrected chi connectivity index (χ1v) is 10.3. The fourth-order valence-electron chi connectivity index (χ4n) is 2.65. The maximum atomic E-state index is 12.7. The highest BCUT2D eigenvalue weighted by molar-refractivity contribution is 7.89. The first-order valence-electron chi connectivity index (χ1n) is 8.81. The molecule has 1 N–H and O–H groups in total. The Labute approximate surface area is 158 Å². The minimum Gasteiger partial charge on any atom is -0.419 e. The zero-order chi connectivity index (χ0) is 19.4. The first-order chi connectivity index (χ1) is 13.0. The maximum absolute atomic E-state index is 12.7. The van der Waals surface area contributed by atoms with E-state index in [1.165, 1.54) is 16.4 Å². The Morgan fingerprint density at radius 3 is 2.56 bits per heavy atom. The summed E-state index contributed by atoms with van der Waals surface area (Å²) in [5.74, 6) is 0.597. The molecule has 2 aromatic rings. The Hall–Kier alpha value is -2.41. The summed E-state index contributed by atoms with van der Waals surface area (Å²) < 4.78 is 37.7. The van der Waals surface area contributed by atoms with E-state index < -0.39 is 10.0 Å². The molecule has 0 aliphatic carbocycles. The topological polar surface area (TPSA) is 108 Å². The van der Waals surface area contributed by atoms with Crippen LogP contribution in [0, 0.1) is 11.3 Å². The van der Waals surface area contributed by atoms with E-state index in [-0.39, 0.29) is 22.5 Å². The van der Waals surface area contributed by atoms with Gasteiger partial charge in [-0.1, -0.05) is 6.92 Å². The van der Waals surface area contributed by atoms with Gasteiger partial charge in [0.1, 0.15) is 6.07 Å².